The van der Waals surface area contributed by atoms with Crippen molar-refractivity contribution in [2.24, 2.45) is 0 Å². The maximum absolute atomic E-state index is 11.5. The number of esters is 1. The molecule has 2 N–H and O–H groups in total. The van der Waals surface area contributed by atoms with Gasteiger partial charge in [-0.25, -0.2) is 0 Å². The summed E-state index contributed by atoms with van der Waals surface area (Å²) in [6.07, 6.45) is 1.70. The third-order valence-electron chi connectivity index (χ3n) is 4.93. The van der Waals surface area contributed by atoms with E-state index in [0.717, 1.165) is 29.3 Å². The third kappa shape index (κ3) is 5.52. The fraction of sp³-hybridized carbons (Fsp3) is 0.409. The van der Waals surface area contributed by atoms with Crippen molar-refractivity contribution >= 4 is 23.0 Å². The first kappa shape index (κ1) is 22.1. The quantitative estimate of drug-likeness (QED) is 0.620. The van der Waals surface area contributed by atoms with Gasteiger partial charge in [-0.15, -0.1) is 0 Å². The molecule has 2 aromatic rings. The van der Waals surface area contributed by atoms with Crippen LogP contribution in [-0.2, 0) is 22.4 Å². The Labute approximate surface area is 180 Å². The van der Waals surface area contributed by atoms with E-state index in [0.29, 0.717) is 17.9 Å². The number of rotatable bonds is 8. The molecule has 0 bridgehead atoms. The SMILES string of the molecule is CCc1ccc([C@@H](COc2ccc(CC3(C)SC(=O)NC3O)cc2)OC(C)=O)nc1. The van der Waals surface area contributed by atoms with E-state index in [1.807, 2.05) is 50.2 Å². The molecule has 0 spiro atoms. The van der Waals surface area contributed by atoms with Gasteiger partial charge < -0.3 is 19.9 Å². The number of ether oxygens (including phenoxy) is 2. The second kappa shape index (κ2) is 9.49. The van der Waals surface area contributed by atoms with Gasteiger partial charge in [0.15, 0.2) is 6.10 Å². The zero-order chi connectivity index (χ0) is 21.7. The summed E-state index contributed by atoms with van der Waals surface area (Å²) in [7, 11) is 0. The van der Waals surface area contributed by atoms with Crippen LogP contribution in [0, 0.1) is 0 Å². The van der Waals surface area contributed by atoms with Gasteiger partial charge in [0.05, 0.1) is 10.4 Å². The molecule has 1 amide bonds. The summed E-state index contributed by atoms with van der Waals surface area (Å²) in [6.45, 7) is 5.40. The van der Waals surface area contributed by atoms with Crippen LogP contribution < -0.4 is 10.1 Å². The van der Waals surface area contributed by atoms with Gasteiger partial charge in [0, 0.05) is 13.1 Å². The molecule has 160 valence electrons. The molecule has 1 aliphatic rings. The highest BCUT2D eigenvalue weighted by Gasteiger charge is 2.43. The monoisotopic (exact) mass is 430 g/mol. The molecule has 8 heteroatoms. The molecule has 2 heterocycles. The zero-order valence-electron chi connectivity index (χ0n) is 17.3. The van der Waals surface area contributed by atoms with E-state index >= 15 is 0 Å². The number of nitrogens with zero attached hydrogens (tertiary/aromatic N) is 1. The van der Waals surface area contributed by atoms with Crippen molar-refractivity contribution in [1.82, 2.24) is 10.3 Å². The van der Waals surface area contributed by atoms with Gasteiger partial charge in [0.1, 0.15) is 18.6 Å². The van der Waals surface area contributed by atoms with E-state index in [1.165, 1.54) is 6.92 Å². The summed E-state index contributed by atoms with van der Waals surface area (Å²) < 4.78 is 10.6. The number of aromatic nitrogens is 1. The summed E-state index contributed by atoms with van der Waals surface area (Å²) in [5.41, 5.74) is 2.71. The van der Waals surface area contributed by atoms with Crippen molar-refractivity contribution in [2.45, 2.75) is 50.7 Å². The average molecular weight is 431 g/mol. The summed E-state index contributed by atoms with van der Waals surface area (Å²) in [5, 5.41) is 12.4. The van der Waals surface area contributed by atoms with Gasteiger partial charge in [-0.05, 0) is 49.1 Å². The Kier molecular flexibility index (Phi) is 6.99. The molecule has 3 atom stereocenters. The molecule has 0 saturated carbocycles. The molecule has 1 aromatic heterocycles. The minimum atomic E-state index is -0.887. The van der Waals surface area contributed by atoms with Crippen molar-refractivity contribution in [3.63, 3.8) is 0 Å². The van der Waals surface area contributed by atoms with Gasteiger partial charge in [-0.2, -0.15) is 0 Å². The second-order valence-corrected chi connectivity index (χ2v) is 8.93. The van der Waals surface area contributed by atoms with E-state index in [-0.39, 0.29) is 11.8 Å². The number of carbonyl (C=O) groups excluding carboxylic acids is 2. The number of hydrogen-bond acceptors (Lipinski definition) is 7. The van der Waals surface area contributed by atoms with Crippen LogP contribution in [0.4, 0.5) is 4.79 Å². The van der Waals surface area contributed by atoms with E-state index in [2.05, 4.69) is 10.3 Å². The van der Waals surface area contributed by atoms with Crippen LogP contribution in [0.3, 0.4) is 0 Å². The zero-order valence-corrected chi connectivity index (χ0v) is 18.1. The standard InChI is InChI=1S/C22H26N2O5S/c1-4-15-7-10-18(23-12-15)19(29-14(2)25)13-28-17-8-5-16(6-9-17)11-22(3)20(26)24-21(27)30-22/h5-10,12,19-20,26H,4,11,13H2,1-3H3,(H,24,27)/t19-,20?,22?/m1/s1. The Morgan fingerprint density at radius 3 is 2.50 bits per heavy atom. The number of benzene rings is 1. The maximum atomic E-state index is 11.5. The number of amides is 1. The number of nitrogens with one attached hydrogen (secondary N) is 1. The third-order valence-corrected chi connectivity index (χ3v) is 6.07. The van der Waals surface area contributed by atoms with E-state index < -0.39 is 23.0 Å². The molecule has 1 aliphatic heterocycles. The Hall–Kier alpha value is -2.58. The highest BCUT2D eigenvalue weighted by atomic mass is 32.2. The number of thioether (sulfide) groups is 1. The summed E-state index contributed by atoms with van der Waals surface area (Å²) in [4.78, 5) is 27.4. The number of pyridine rings is 1. The predicted molar refractivity (Wildman–Crippen MR) is 114 cm³/mol. The normalized spacial score (nSPS) is 21.7. The average Bonchev–Trinajstić information content (AvgIpc) is 2.97. The van der Waals surface area contributed by atoms with Crippen LogP contribution in [0.15, 0.2) is 42.6 Å². The lowest BCUT2D eigenvalue weighted by Gasteiger charge is -2.25. The minimum absolute atomic E-state index is 0.141. The van der Waals surface area contributed by atoms with Gasteiger partial charge in [0.2, 0.25) is 0 Å². The molecular weight excluding hydrogens is 404 g/mol. The van der Waals surface area contributed by atoms with E-state index in [1.54, 1.807) is 6.20 Å². The lowest BCUT2D eigenvalue weighted by atomic mass is 9.98. The van der Waals surface area contributed by atoms with Gasteiger partial charge in [-0.1, -0.05) is 36.9 Å². The molecule has 30 heavy (non-hydrogen) atoms. The van der Waals surface area contributed by atoms with Crippen molar-refractivity contribution in [2.75, 3.05) is 6.61 Å². The molecule has 1 fully saturated rings. The van der Waals surface area contributed by atoms with Crippen LogP contribution in [-0.4, -0.2) is 38.9 Å². The number of aryl methyl sites for hydroxylation is 1. The molecule has 7 nitrogen and oxygen atoms in total. The first-order valence-corrected chi connectivity index (χ1v) is 10.6. The number of aliphatic hydroxyl groups excluding tert-OH is 1. The summed E-state index contributed by atoms with van der Waals surface area (Å²) >= 11 is 1.11. The first-order valence-electron chi connectivity index (χ1n) is 9.80. The molecule has 3 rings (SSSR count). The van der Waals surface area contributed by atoms with Gasteiger partial charge in [0.25, 0.3) is 5.24 Å². The Bertz CT molecular complexity index is 887. The van der Waals surface area contributed by atoms with Crippen LogP contribution in [0.2, 0.25) is 0 Å². The number of carbonyl (C=O) groups is 2. The minimum Gasteiger partial charge on any atom is -0.489 e. The van der Waals surface area contributed by atoms with Crippen LogP contribution in [0.25, 0.3) is 0 Å². The molecule has 0 aliphatic carbocycles. The lowest BCUT2D eigenvalue weighted by Crippen LogP contribution is -2.40. The smallest absolute Gasteiger partial charge is 0.303 e. The van der Waals surface area contributed by atoms with Crippen molar-refractivity contribution in [3.8, 4) is 5.75 Å². The Morgan fingerprint density at radius 1 is 1.27 bits per heavy atom. The largest absolute Gasteiger partial charge is 0.489 e. The Morgan fingerprint density at radius 2 is 1.97 bits per heavy atom. The van der Waals surface area contributed by atoms with Crippen LogP contribution in [0.5, 0.6) is 5.75 Å². The maximum Gasteiger partial charge on any atom is 0.303 e. The lowest BCUT2D eigenvalue weighted by molar-refractivity contribution is -0.148. The number of hydrogen-bond donors (Lipinski definition) is 2. The summed E-state index contributed by atoms with van der Waals surface area (Å²) in [5.74, 6) is 0.226. The van der Waals surface area contributed by atoms with Crippen LogP contribution >= 0.6 is 11.8 Å². The fourth-order valence-electron chi connectivity index (χ4n) is 3.19. The molecule has 0 radical (unpaired) electrons. The second-order valence-electron chi connectivity index (χ2n) is 7.42. The van der Waals surface area contributed by atoms with E-state index in [4.69, 9.17) is 9.47 Å². The fourth-order valence-corrected chi connectivity index (χ4v) is 4.19. The van der Waals surface area contributed by atoms with Gasteiger partial charge >= 0.3 is 5.97 Å². The van der Waals surface area contributed by atoms with Gasteiger partial charge in [-0.3, -0.25) is 14.6 Å². The molecular formula is C22H26N2O5S. The first-order chi connectivity index (χ1) is 14.3. The topological polar surface area (TPSA) is 97.8 Å². The highest BCUT2D eigenvalue weighted by molar-refractivity contribution is 8.15. The predicted octanol–water partition coefficient (Wildman–Crippen LogP) is 3.40. The van der Waals surface area contributed by atoms with Crippen molar-refractivity contribution in [3.05, 3.63) is 59.4 Å². The molecule has 1 saturated heterocycles. The van der Waals surface area contributed by atoms with E-state index in [9.17, 15) is 14.7 Å². The number of aliphatic hydroxyl groups is 1. The van der Waals surface area contributed by atoms with Crippen molar-refractivity contribution < 1.29 is 24.2 Å². The Balaban J connectivity index is 1.63. The highest BCUT2D eigenvalue weighted by Crippen LogP contribution is 2.37. The molecule has 2 unspecified atom stereocenters. The van der Waals surface area contributed by atoms with Crippen molar-refractivity contribution in [1.29, 1.82) is 0 Å². The van der Waals surface area contributed by atoms with Crippen LogP contribution in [0.1, 0.15) is 43.7 Å². The summed E-state index contributed by atoms with van der Waals surface area (Å²) in [6, 6.07) is 11.2. The molecule has 1 aromatic carbocycles.